The van der Waals surface area contributed by atoms with Crippen LogP contribution >= 0.6 is 11.3 Å². The highest BCUT2D eigenvalue weighted by atomic mass is 32.1. The van der Waals surface area contributed by atoms with Gasteiger partial charge in [0.2, 0.25) is 0 Å². The topological polar surface area (TPSA) is 42.0 Å². The summed E-state index contributed by atoms with van der Waals surface area (Å²) in [7, 11) is 0. The molecule has 2 aromatic carbocycles. The number of aryl methyl sites for hydroxylation is 5. The van der Waals surface area contributed by atoms with Crippen molar-refractivity contribution in [2.75, 3.05) is 5.32 Å². The summed E-state index contributed by atoms with van der Waals surface area (Å²) in [5, 5.41) is 3.61. The van der Waals surface area contributed by atoms with Crippen LogP contribution in [0.5, 0.6) is 0 Å². The van der Waals surface area contributed by atoms with E-state index in [2.05, 4.69) is 41.5 Å². The molecular weight excluding hydrogens is 328 g/mol. The Morgan fingerprint density at radius 2 is 1.52 bits per heavy atom. The Balaban J connectivity index is 1.88. The first-order valence-corrected chi connectivity index (χ1v) is 9.10. The fourth-order valence-electron chi connectivity index (χ4n) is 3.13. The predicted molar refractivity (Wildman–Crippen MR) is 106 cm³/mol. The zero-order valence-electron chi connectivity index (χ0n) is 15.2. The van der Waals surface area contributed by atoms with E-state index in [0.29, 0.717) is 5.13 Å². The van der Waals surface area contributed by atoms with Gasteiger partial charge in [0.25, 0.3) is 5.91 Å². The normalized spacial score (nSPS) is 10.8. The maximum atomic E-state index is 12.7. The van der Waals surface area contributed by atoms with Crippen LogP contribution in [0.1, 0.15) is 37.5 Å². The molecule has 1 N–H and O–H groups in total. The zero-order valence-corrected chi connectivity index (χ0v) is 16.0. The molecule has 0 aliphatic carbocycles. The van der Waals surface area contributed by atoms with E-state index in [-0.39, 0.29) is 5.91 Å². The minimum absolute atomic E-state index is 0.0980. The molecule has 4 heteroatoms. The van der Waals surface area contributed by atoms with Crippen molar-refractivity contribution >= 4 is 22.4 Å². The largest absolute Gasteiger partial charge is 0.298 e. The van der Waals surface area contributed by atoms with Crippen molar-refractivity contribution in [2.24, 2.45) is 0 Å². The summed E-state index contributed by atoms with van der Waals surface area (Å²) in [4.78, 5) is 18.5. The molecule has 0 fully saturated rings. The summed E-state index contributed by atoms with van der Waals surface area (Å²) >= 11 is 1.51. The third kappa shape index (κ3) is 3.64. The van der Waals surface area contributed by atoms with Gasteiger partial charge in [-0.3, -0.25) is 10.1 Å². The van der Waals surface area contributed by atoms with Crippen LogP contribution in [-0.2, 0) is 0 Å². The zero-order chi connectivity index (χ0) is 18.1. The molecule has 3 rings (SSSR count). The first kappa shape index (κ1) is 17.4. The number of aromatic nitrogens is 1. The van der Waals surface area contributed by atoms with Crippen molar-refractivity contribution in [3.05, 3.63) is 69.1 Å². The molecule has 1 aromatic heterocycles. The molecule has 1 heterocycles. The average molecular weight is 350 g/mol. The minimum atomic E-state index is -0.0980. The van der Waals surface area contributed by atoms with Crippen LogP contribution < -0.4 is 5.32 Å². The van der Waals surface area contributed by atoms with Crippen molar-refractivity contribution in [3.63, 3.8) is 0 Å². The highest BCUT2D eigenvalue weighted by molar-refractivity contribution is 7.16. The van der Waals surface area contributed by atoms with Crippen LogP contribution in [0.15, 0.2) is 36.4 Å². The molecule has 25 heavy (non-hydrogen) atoms. The molecular formula is C21H22N2OS. The number of carbonyl (C=O) groups excluding carboxylic acids is 1. The Morgan fingerprint density at radius 1 is 0.920 bits per heavy atom. The first-order valence-electron chi connectivity index (χ1n) is 8.29. The van der Waals surface area contributed by atoms with Gasteiger partial charge in [-0.15, -0.1) is 11.3 Å². The number of thiazole rings is 1. The lowest BCUT2D eigenvalue weighted by atomic mass is 9.99. The Kier molecular flexibility index (Phi) is 4.73. The van der Waals surface area contributed by atoms with E-state index < -0.39 is 0 Å². The highest BCUT2D eigenvalue weighted by Gasteiger charge is 2.16. The van der Waals surface area contributed by atoms with Gasteiger partial charge in [-0.1, -0.05) is 47.5 Å². The van der Waals surface area contributed by atoms with Crippen LogP contribution in [-0.4, -0.2) is 10.9 Å². The van der Waals surface area contributed by atoms with Gasteiger partial charge in [0.15, 0.2) is 5.13 Å². The summed E-state index contributed by atoms with van der Waals surface area (Å²) in [5.41, 5.74) is 7.09. The van der Waals surface area contributed by atoms with Crippen molar-refractivity contribution < 1.29 is 4.79 Å². The highest BCUT2D eigenvalue weighted by Crippen LogP contribution is 2.31. The summed E-state index contributed by atoms with van der Waals surface area (Å²) in [6.07, 6.45) is 0. The molecule has 128 valence electrons. The van der Waals surface area contributed by atoms with Crippen molar-refractivity contribution in [1.82, 2.24) is 4.98 Å². The van der Waals surface area contributed by atoms with Gasteiger partial charge in [0, 0.05) is 16.0 Å². The van der Waals surface area contributed by atoms with Crippen molar-refractivity contribution in [2.45, 2.75) is 34.6 Å². The van der Waals surface area contributed by atoms with Crippen LogP contribution in [0.3, 0.4) is 0 Å². The smallest absolute Gasteiger partial charge is 0.257 e. The first-order chi connectivity index (χ1) is 11.8. The molecule has 3 aromatic rings. The molecule has 0 radical (unpaired) electrons. The van der Waals surface area contributed by atoms with Crippen molar-refractivity contribution in [1.29, 1.82) is 0 Å². The molecule has 0 unspecified atom stereocenters. The van der Waals surface area contributed by atoms with E-state index in [1.54, 1.807) is 0 Å². The Hall–Kier alpha value is -2.46. The lowest BCUT2D eigenvalue weighted by molar-refractivity contribution is 0.102. The monoisotopic (exact) mass is 350 g/mol. The van der Waals surface area contributed by atoms with E-state index in [9.17, 15) is 4.79 Å². The van der Waals surface area contributed by atoms with E-state index in [4.69, 9.17) is 0 Å². The predicted octanol–water partition coefficient (Wildman–Crippen LogP) is 5.60. The number of amides is 1. The second-order valence-electron chi connectivity index (χ2n) is 6.52. The number of hydrogen-bond acceptors (Lipinski definition) is 3. The van der Waals surface area contributed by atoms with Gasteiger partial charge >= 0.3 is 0 Å². The van der Waals surface area contributed by atoms with Crippen LogP contribution in [0.2, 0.25) is 0 Å². The van der Waals surface area contributed by atoms with Crippen LogP contribution in [0.25, 0.3) is 11.3 Å². The molecule has 0 spiro atoms. The maximum absolute atomic E-state index is 12.7. The molecule has 0 saturated carbocycles. The fraction of sp³-hybridized carbons (Fsp3) is 0.238. The second-order valence-corrected chi connectivity index (χ2v) is 7.72. The standard InChI is InChI=1S/C21H22N2OS/c1-12-6-8-17(9-7-12)19-16(5)25-21(22-19)23-20(24)18-14(3)10-13(2)11-15(18)4/h6-11H,1-5H3,(H,22,23,24). The molecule has 3 nitrogen and oxygen atoms in total. The lowest BCUT2D eigenvalue weighted by Crippen LogP contribution is -2.15. The third-order valence-electron chi connectivity index (χ3n) is 4.25. The van der Waals surface area contributed by atoms with Gasteiger partial charge in [0.05, 0.1) is 5.69 Å². The summed E-state index contributed by atoms with van der Waals surface area (Å²) in [6, 6.07) is 12.4. The number of nitrogens with one attached hydrogen (secondary N) is 1. The second kappa shape index (κ2) is 6.81. The number of carbonyl (C=O) groups is 1. The van der Waals surface area contributed by atoms with Gasteiger partial charge < -0.3 is 0 Å². The third-order valence-corrected chi connectivity index (χ3v) is 5.13. The summed E-state index contributed by atoms with van der Waals surface area (Å²) in [6.45, 7) is 10.1. The summed E-state index contributed by atoms with van der Waals surface area (Å²) < 4.78 is 0. The Labute approximate surface area is 152 Å². The average Bonchev–Trinajstić information content (AvgIpc) is 2.87. The number of anilines is 1. The molecule has 0 aliphatic heterocycles. The quantitative estimate of drug-likeness (QED) is 0.667. The molecule has 0 aliphatic rings. The van der Waals surface area contributed by atoms with Crippen LogP contribution in [0, 0.1) is 34.6 Å². The Morgan fingerprint density at radius 3 is 2.12 bits per heavy atom. The minimum Gasteiger partial charge on any atom is -0.298 e. The molecule has 0 atom stereocenters. The molecule has 1 amide bonds. The van der Waals surface area contributed by atoms with E-state index >= 15 is 0 Å². The summed E-state index contributed by atoms with van der Waals surface area (Å²) in [5.74, 6) is -0.0980. The van der Waals surface area contributed by atoms with E-state index in [1.165, 1.54) is 22.5 Å². The Bertz CT molecular complexity index is 916. The van der Waals surface area contributed by atoms with Gasteiger partial charge in [-0.25, -0.2) is 4.98 Å². The maximum Gasteiger partial charge on any atom is 0.257 e. The molecule has 0 bridgehead atoms. The van der Waals surface area contributed by atoms with Crippen LogP contribution in [0.4, 0.5) is 5.13 Å². The fourth-order valence-corrected chi connectivity index (χ4v) is 3.96. The SMILES string of the molecule is Cc1ccc(-c2nc(NC(=O)c3c(C)cc(C)cc3C)sc2C)cc1. The number of benzene rings is 2. The number of nitrogens with zero attached hydrogens (tertiary/aromatic N) is 1. The molecule has 0 saturated heterocycles. The van der Waals surface area contributed by atoms with Crippen molar-refractivity contribution in [3.8, 4) is 11.3 Å². The van der Waals surface area contributed by atoms with E-state index in [1.807, 2.05) is 39.8 Å². The lowest BCUT2D eigenvalue weighted by Gasteiger charge is -2.10. The number of rotatable bonds is 3. The van der Waals surface area contributed by atoms with Gasteiger partial charge in [-0.05, 0) is 45.7 Å². The number of hydrogen-bond donors (Lipinski definition) is 1. The van der Waals surface area contributed by atoms with Gasteiger partial charge in [-0.2, -0.15) is 0 Å². The van der Waals surface area contributed by atoms with E-state index in [0.717, 1.165) is 32.8 Å². The van der Waals surface area contributed by atoms with Gasteiger partial charge in [0.1, 0.15) is 0 Å².